The minimum absolute atomic E-state index is 0.135. The third-order valence-corrected chi connectivity index (χ3v) is 4.19. The first-order chi connectivity index (χ1) is 9.75. The second kappa shape index (κ2) is 6.23. The molecule has 0 aliphatic heterocycles. The highest BCUT2D eigenvalue weighted by Crippen LogP contribution is 2.21. The minimum atomic E-state index is -3.83. The van der Waals surface area contributed by atoms with E-state index in [9.17, 15) is 13.2 Å². The highest BCUT2D eigenvalue weighted by Gasteiger charge is 2.15. The molecular weight excluding hydrogens is 361 g/mol. The van der Waals surface area contributed by atoms with Gasteiger partial charge in [-0.1, -0.05) is 23.2 Å². The fourth-order valence-corrected chi connectivity index (χ4v) is 3.43. The molecule has 10 heteroatoms. The number of sulfonamides is 1. The van der Waals surface area contributed by atoms with E-state index < -0.39 is 21.3 Å². The molecule has 0 aliphatic rings. The molecule has 2 aromatic rings. The number of nitrogens with zero attached hydrogens (tertiary/aromatic N) is 1. The quantitative estimate of drug-likeness (QED) is 0.812. The standard InChI is InChI=1S/C11H8Cl3N3O3S/c12-7-1-6(2-8(13)3-7)5-21(19,20)17-9-4-15-11(14)16-10(9)18/h1-4,17H,5H2,(H,15,16,18). The van der Waals surface area contributed by atoms with Crippen LogP contribution in [0.2, 0.25) is 15.3 Å². The first-order valence-corrected chi connectivity index (χ1v) is 8.24. The number of halogens is 3. The summed E-state index contributed by atoms with van der Waals surface area (Å²) in [5, 5.41) is 0.502. The zero-order valence-corrected chi connectivity index (χ0v) is 13.3. The molecule has 0 bridgehead atoms. The van der Waals surface area contributed by atoms with Crippen LogP contribution < -0.4 is 10.3 Å². The summed E-state index contributed by atoms with van der Waals surface area (Å²) < 4.78 is 26.2. The number of benzene rings is 1. The van der Waals surface area contributed by atoms with Crippen LogP contribution in [0.15, 0.2) is 29.2 Å². The second-order valence-corrected chi connectivity index (χ2v) is 7.01. The molecule has 2 rings (SSSR count). The molecule has 0 radical (unpaired) electrons. The van der Waals surface area contributed by atoms with Crippen LogP contribution in [0.25, 0.3) is 0 Å². The van der Waals surface area contributed by atoms with Crippen molar-refractivity contribution in [3.8, 4) is 0 Å². The predicted molar refractivity (Wildman–Crippen MR) is 82.6 cm³/mol. The van der Waals surface area contributed by atoms with Crippen LogP contribution in [0.4, 0.5) is 5.69 Å². The van der Waals surface area contributed by atoms with Gasteiger partial charge in [-0.05, 0) is 35.4 Å². The molecule has 0 unspecified atom stereocenters. The Balaban J connectivity index is 2.24. The highest BCUT2D eigenvalue weighted by molar-refractivity contribution is 7.91. The van der Waals surface area contributed by atoms with Crippen molar-refractivity contribution >= 4 is 50.5 Å². The molecule has 0 saturated carbocycles. The summed E-state index contributed by atoms with van der Waals surface area (Å²) in [5.41, 5.74) is -0.534. The SMILES string of the molecule is O=c1[nH]c(Cl)ncc1NS(=O)(=O)Cc1cc(Cl)cc(Cl)c1. The number of rotatable bonds is 4. The molecule has 0 fully saturated rings. The molecule has 0 spiro atoms. The molecule has 0 aliphatic carbocycles. The van der Waals surface area contributed by atoms with E-state index in [4.69, 9.17) is 34.8 Å². The van der Waals surface area contributed by atoms with Crippen LogP contribution in [0.3, 0.4) is 0 Å². The maximum Gasteiger partial charge on any atom is 0.276 e. The molecule has 6 nitrogen and oxygen atoms in total. The van der Waals surface area contributed by atoms with Gasteiger partial charge in [0, 0.05) is 10.0 Å². The van der Waals surface area contributed by atoms with E-state index in [0.29, 0.717) is 15.6 Å². The number of aromatic amines is 1. The van der Waals surface area contributed by atoms with Crippen molar-refractivity contribution in [3.63, 3.8) is 0 Å². The lowest BCUT2D eigenvalue weighted by atomic mass is 10.2. The molecule has 1 aromatic carbocycles. The Hall–Kier alpha value is -1.28. The van der Waals surface area contributed by atoms with E-state index in [1.54, 1.807) is 0 Å². The number of H-pyrrole nitrogens is 1. The van der Waals surface area contributed by atoms with E-state index in [1.165, 1.54) is 18.2 Å². The monoisotopic (exact) mass is 367 g/mol. The lowest BCUT2D eigenvalue weighted by Gasteiger charge is -2.08. The Labute approximate surface area is 135 Å². The summed E-state index contributed by atoms with van der Waals surface area (Å²) in [5.74, 6) is -0.394. The molecule has 0 amide bonds. The molecule has 1 heterocycles. The van der Waals surface area contributed by atoms with Gasteiger partial charge >= 0.3 is 0 Å². The van der Waals surface area contributed by atoms with Gasteiger partial charge < -0.3 is 0 Å². The summed E-state index contributed by atoms with van der Waals surface area (Å²) >= 11 is 17.1. The third kappa shape index (κ3) is 4.60. The summed E-state index contributed by atoms with van der Waals surface area (Å²) in [7, 11) is -3.83. The van der Waals surface area contributed by atoms with Gasteiger partial charge in [0.05, 0.1) is 11.9 Å². The molecule has 0 saturated heterocycles. The number of nitrogens with one attached hydrogen (secondary N) is 2. The fraction of sp³-hybridized carbons (Fsp3) is 0.0909. The number of anilines is 1. The Morgan fingerprint density at radius 1 is 1.14 bits per heavy atom. The summed E-state index contributed by atoms with van der Waals surface area (Å²) in [6, 6.07) is 4.43. The zero-order valence-electron chi connectivity index (χ0n) is 10.2. The Kier molecular flexibility index (Phi) is 4.77. The molecule has 112 valence electrons. The Morgan fingerprint density at radius 2 is 1.76 bits per heavy atom. The average molecular weight is 369 g/mol. The summed E-state index contributed by atoms with van der Waals surface area (Å²) in [6.07, 6.45) is 1.03. The van der Waals surface area contributed by atoms with Crippen molar-refractivity contribution in [1.29, 1.82) is 0 Å². The van der Waals surface area contributed by atoms with Gasteiger partial charge in [-0.2, -0.15) is 0 Å². The molecule has 0 atom stereocenters. The lowest BCUT2D eigenvalue weighted by molar-refractivity contribution is 0.600. The Bertz CT molecular complexity index is 816. The van der Waals surface area contributed by atoms with Gasteiger partial charge in [0.2, 0.25) is 15.3 Å². The third-order valence-electron chi connectivity index (χ3n) is 2.31. The van der Waals surface area contributed by atoms with E-state index in [2.05, 4.69) is 14.7 Å². The van der Waals surface area contributed by atoms with Gasteiger partial charge in [0.25, 0.3) is 5.56 Å². The largest absolute Gasteiger partial charge is 0.295 e. The van der Waals surface area contributed by atoms with E-state index in [0.717, 1.165) is 6.20 Å². The van der Waals surface area contributed by atoms with Crippen LogP contribution >= 0.6 is 34.8 Å². The van der Waals surface area contributed by atoms with Gasteiger partial charge in [0.1, 0.15) is 5.69 Å². The van der Waals surface area contributed by atoms with E-state index in [-0.39, 0.29) is 11.0 Å². The van der Waals surface area contributed by atoms with Crippen LogP contribution in [-0.2, 0) is 15.8 Å². The van der Waals surface area contributed by atoms with Gasteiger partial charge in [-0.3, -0.25) is 14.5 Å². The zero-order chi connectivity index (χ0) is 15.6. The average Bonchev–Trinajstić information content (AvgIpc) is 2.30. The molecule has 21 heavy (non-hydrogen) atoms. The lowest BCUT2D eigenvalue weighted by Crippen LogP contribution is -2.21. The van der Waals surface area contributed by atoms with Gasteiger partial charge in [-0.25, -0.2) is 13.4 Å². The van der Waals surface area contributed by atoms with E-state index in [1.807, 2.05) is 0 Å². The second-order valence-electron chi connectivity index (χ2n) is 4.06. The van der Waals surface area contributed by atoms with Crippen molar-refractivity contribution in [1.82, 2.24) is 9.97 Å². The van der Waals surface area contributed by atoms with Crippen molar-refractivity contribution in [2.24, 2.45) is 0 Å². The summed E-state index contributed by atoms with van der Waals surface area (Å²) in [4.78, 5) is 17.3. The molecular formula is C11H8Cl3N3O3S. The first-order valence-electron chi connectivity index (χ1n) is 5.45. The predicted octanol–water partition coefficient (Wildman–Crippen LogP) is 2.67. The van der Waals surface area contributed by atoms with Gasteiger partial charge in [-0.15, -0.1) is 0 Å². The molecule has 2 N–H and O–H groups in total. The highest BCUT2D eigenvalue weighted by atomic mass is 35.5. The number of hydrogen-bond acceptors (Lipinski definition) is 4. The summed E-state index contributed by atoms with van der Waals surface area (Å²) in [6.45, 7) is 0. The van der Waals surface area contributed by atoms with Gasteiger partial charge in [0.15, 0.2) is 0 Å². The first kappa shape index (κ1) is 16.1. The van der Waals surface area contributed by atoms with Crippen molar-refractivity contribution in [3.05, 3.63) is 55.6 Å². The maximum absolute atomic E-state index is 12.0. The smallest absolute Gasteiger partial charge is 0.276 e. The van der Waals surface area contributed by atoms with Crippen molar-refractivity contribution < 1.29 is 8.42 Å². The minimum Gasteiger partial charge on any atom is -0.295 e. The van der Waals surface area contributed by atoms with E-state index >= 15 is 0 Å². The Morgan fingerprint density at radius 3 is 2.33 bits per heavy atom. The van der Waals surface area contributed by atoms with Crippen LogP contribution in [0, 0.1) is 0 Å². The van der Waals surface area contributed by atoms with Crippen LogP contribution in [-0.4, -0.2) is 18.4 Å². The van der Waals surface area contributed by atoms with Crippen molar-refractivity contribution in [2.75, 3.05) is 4.72 Å². The normalized spacial score (nSPS) is 11.4. The van der Waals surface area contributed by atoms with Crippen LogP contribution in [0.5, 0.6) is 0 Å². The number of aromatic nitrogens is 2. The fourth-order valence-electron chi connectivity index (χ4n) is 1.56. The topological polar surface area (TPSA) is 91.9 Å². The maximum atomic E-state index is 12.0. The van der Waals surface area contributed by atoms with Crippen molar-refractivity contribution in [2.45, 2.75) is 5.75 Å². The van der Waals surface area contributed by atoms with Crippen LogP contribution in [0.1, 0.15) is 5.56 Å². The number of hydrogen-bond donors (Lipinski definition) is 2. The molecule has 1 aromatic heterocycles.